The Morgan fingerprint density at radius 3 is 3.33 bits per heavy atom. The normalized spacial score (nSPS) is 24.3. The second-order valence-electron chi connectivity index (χ2n) is 4.36. The minimum Gasteiger partial charge on any atom is -0.474 e. The Bertz CT molecular complexity index is 531. The lowest BCUT2D eigenvalue weighted by molar-refractivity contribution is -0.0474. The molecule has 0 amide bonds. The number of rotatable bonds is 3. The Morgan fingerprint density at radius 2 is 2.44 bits per heavy atom. The number of thiophene rings is 1. The van der Waals surface area contributed by atoms with Gasteiger partial charge in [0.05, 0.1) is 11.5 Å². The third kappa shape index (κ3) is 2.45. The van der Waals surface area contributed by atoms with Gasteiger partial charge in [-0.2, -0.15) is 0 Å². The molecule has 1 saturated heterocycles. The van der Waals surface area contributed by atoms with Gasteiger partial charge in [-0.3, -0.25) is 0 Å². The zero-order valence-electron chi connectivity index (χ0n) is 10.1. The highest BCUT2D eigenvalue weighted by molar-refractivity contribution is 7.16. The molecule has 2 aromatic rings. The Kier molecular flexibility index (Phi) is 3.40. The molecule has 3 rings (SSSR count). The highest BCUT2D eigenvalue weighted by atomic mass is 32.1. The van der Waals surface area contributed by atoms with Crippen LogP contribution >= 0.6 is 11.3 Å². The van der Waals surface area contributed by atoms with Crippen LogP contribution in [0.15, 0.2) is 17.8 Å². The van der Waals surface area contributed by atoms with Gasteiger partial charge in [-0.25, -0.2) is 9.97 Å². The Morgan fingerprint density at radius 1 is 1.50 bits per heavy atom. The van der Waals surface area contributed by atoms with Gasteiger partial charge in [0, 0.05) is 13.1 Å². The van der Waals surface area contributed by atoms with Crippen LogP contribution in [0, 0.1) is 0 Å². The molecule has 1 fully saturated rings. The molecule has 96 valence electrons. The van der Waals surface area contributed by atoms with E-state index in [0.29, 0.717) is 12.5 Å². The van der Waals surface area contributed by atoms with Crippen LogP contribution in [0.25, 0.3) is 10.2 Å². The third-order valence-electron chi connectivity index (χ3n) is 2.86. The van der Waals surface area contributed by atoms with Gasteiger partial charge < -0.3 is 14.8 Å². The quantitative estimate of drug-likeness (QED) is 0.910. The Hall–Kier alpha value is -1.24. The van der Waals surface area contributed by atoms with Gasteiger partial charge in [0.25, 0.3) is 0 Å². The SMILES string of the molecule is CC1CNCC(COc2ncnc3sccc23)O1. The van der Waals surface area contributed by atoms with Gasteiger partial charge in [0.1, 0.15) is 23.9 Å². The lowest BCUT2D eigenvalue weighted by Crippen LogP contribution is -2.45. The van der Waals surface area contributed by atoms with Crippen LogP contribution in [-0.2, 0) is 4.74 Å². The lowest BCUT2D eigenvalue weighted by Gasteiger charge is -2.28. The molecule has 2 aromatic heterocycles. The molecule has 0 aliphatic carbocycles. The maximum Gasteiger partial charge on any atom is 0.225 e. The summed E-state index contributed by atoms with van der Waals surface area (Å²) in [4.78, 5) is 9.33. The summed E-state index contributed by atoms with van der Waals surface area (Å²) >= 11 is 1.59. The van der Waals surface area contributed by atoms with Crippen molar-refractivity contribution in [2.24, 2.45) is 0 Å². The predicted octanol–water partition coefficient (Wildman–Crippen LogP) is 1.45. The van der Waals surface area contributed by atoms with Gasteiger partial charge in [0.15, 0.2) is 0 Å². The molecule has 0 saturated carbocycles. The van der Waals surface area contributed by atoms with E-state index in [1.165, 1.54) is 6.33 Å². The monoisotopic (exact) mass is 265 g/mol. The fourth-order valence-electron chi connectivity index (χ4n) is 2.02. The largest absolute Gasteiger partial charge is 0.474 e. The summed E-state index contributed by atoms with van der Waals surface area (Å²) in [6, 6.07) is 1.98. The first kappa shape index (κ1) is 11.8. The van der Waals surface area contributed by atoms with Gasteiger partial charge in [-0.05, 0) is 18.4 Å². The van der Waals surface area contributed by atoms with Crippen LogP contribution < -0.4 is 10.1 Å². The van der Waals surface area contributed by atoms with Crippen LogP contribution in [0.5, 0.6) is 5.88 Å². The number of nitrogens with one attached hydrogen (secondary N) is 1. The number of aromatic nitrogens is 2. The van der Waals surface area contributed by atoms with Crippen LogP contribution in [0.1, 0.15) is 6.92 Å². The highest BCUT2D eigenvalue weighted by Crippen LogP contribution is 2.25. The van der Waals surface area contributed by atoms with E-state index in [9.17, 15) is 0 Å². The molecule has 2 unspecified atom stereocenters. The smallest absolute Gasteiger partial charge is 0.225 e. The Balaban J connectivity index is 1.67. The highest BCUT2D eigenvalue weighted by Gasteiger charge is 2.19. The van der Waals surface area contributed by atoms with Gasteiger partial charge in [-0.1, -0.05) is 0 Å². The van der Waals surface area contributed by atoms with Crippen LogP contribution in [0.2, 0.25) is 0 Å². The topological polar surface area (TPSA) is 56.3 Å². The van der Waals surface area contributed by atoms with Gasteiger partial charge in [-0.15, -0.1) is 11.3 Å². The average Bonchev–Trinajstić information content (AvgIpc) is 2.85. The predicted molar refractivity (Wildman–Crippen MR) is 70.1 cm³/mol. The van der Waals surface area contributed by atoms with Gasteiger partial charge >= 0.3 is 0 Å². The minimum absolute atomic E-state index is 0.0809. The second-order valence-corrected chi connectivity index (χ2v) is 5.25. The van der Waals surface area contributed by atoms with Crippen molar-refractivity contribution in [3.05, 3.63) is 17.8 Å². The number of nitrogens with zero attached hydrogens (tertiary/aromatic N) is 2. The molecule has 6 heteroatoms. The zero-order chi connectivity index (χ0) is 12.4. The Labute approximate surface area is 109 Å². The summed E-state index contributed by atoms with van der Waals surface area (Å²) in [6.45, 7) is 4.29. The fraction of sp³-hybridized carbons (Fsp3) is 0.500. The standard InChI is InChI=1S/C12H15N3O2S/c1-8-4-13-5-9(17-8)6-16-11-10-2-3-18-12(10)15-7-14-11/h2-3,7-9,13H,4-6H2,1H3. The van der Waals surface area contributed by atoms with Crippen LogP contribution in [-0.4, -0.2) is 41.9 Å². The molecule has 0 spiro atoms. The van der Waals surface area contributed by atoms with Crippen LogP contribution in [0.3, 0.4) is 0 Å². The minimum atomic E-state index is 0.0809. The molecule has 3 heterocycles. The second kappa shape index (κ2) is 5.17. The summed E-state index contributed by atoms with van der Waals surface area (Å²) in [5.74, 6) is 0.642. The first-order chi connectivity index (χ1) is 8.83. The van der Waals surface area contributed by atoms with Crippen molar-refractivity contribution in [3.8, 4) is 5.88 Å². The molecule has 1 aliphatic heterocycles. The third-order valence-corrected chi connectivity index (χ3v) is 3.68. The number of morpholine rings is 1. The van der Waals surface area contributed by atoms with E-state index in [1.807, 2.05) is 11.4 Å². The summed E-state index contributed by atoms with van der Waals surface area (Å²) in [5, 5.41) is 6.28. The van der Waals surface area contributed by atoms with Crippen molar-refractivity contribution in [3.63, 3.8) is 0 Å². The molecule has 0 bridgehead atoms. The van der Waals surface area contributed by atoms with E-state index in [0.717, 1.165) is 23.3 Å². The van der Waals surface area contributed by atoms with Crippen molar-refractivity contribution in [1.29, 1.82) is 0 Å². The van der Waals surface area contributed by atoms with Crippen molar-refractivity contribution < 1.29 is 9.47 Å². The van der Waals surface area contributed by atoms with E-state index < -0.39 is 0 Å². The van der Waals surface area contributed by atoms with Crippen molar-refractivity contribution >= 4 is 21.6 Å². The van der Waals surface area contributed by atoms with Crippen LogP contribution in [0.4, 0.5) is 0 Å². The molecule has 1 N–H and O–H groups in total. The fourth-order valence-corrected chi connectivity index (χ4v) is 2.75. The van der Waals surface area contributed by atoms with E-state index in [1.54, 1.807) is 11.3 Å². The molecule has 0 aromatic carbocycles. The molecule has 0 radical (unpaired) electrons. The summed E-state index contributed by atoms with van der Waals surface area (Å²) in [6.07, 6.45) is 1.85. The number of hydrogen-bond donors (Lipinski definition) is 1. The van der Waals surface area contributed by atoms with E-state index in [2.05, 4.69) is 22.2 Å². The maximum absolute atomic E-state index is 5.77. The van der Waals surface area contributed by atoms with Crippen molar-refractivity contribution in [2.75, 3.05) is 19.7 Å². The molecule has 5 nitrogen and oxygen atoms in total. The summed E-state index contributed by atoms with van der Waals surface area (Å²) in [5.41, 5.74) is 0. The maximum atomic E-state index is 5.77. The molecule has 18 heavy (non-hydrogen) atoms. The van der Waals surface area contributed by atoms with E-state index in [4.69, 9.17) is 9.47 Å². The number of fused-ring (bicyclic) bond motifs is 1. The van der Waals surface area contributed by atoms with Gasteiger partial charge in [0.2, 0.25) is 5.88 Å². The first-order valence-corrected chi connectivity index (χ1v) is 6.88. The molecule has 2 atom stereocenters. The van der Waals surface area contributed by atoms with E-state index in [-0.39, 0.29) is 12.2 Å². The first-order valence-electron chi connectivity index (χ1n) is 6.00. The lowest BCUT2D eigenvalue weighted by atomic mass is 10.2. The van der Waals surface area contributed by atoms with Crippen molar-refractivity contribution in [2.45, 2.75) is 19.1 Å². The molecular weight excluding hydrogens is 250 g/mol. The zero-order valence-corrected chi connectivity index (χ0v) is 10.9. The molecular formula is C12H15N3O2S. The summed E-state index contributed by atoms with van der Waals surface area (Å²) in [7, 11) is 0. The van der Waals surface area contributed by atoms with E-state index >= 15 is 0 Å². The average molecular weight is 265 g/mol. The summed E-state index contributed by atoms with van der Waals surface area (Å²) < 4.78 is 11.5. The number of hydrogen-bond acceptors (Lipinski definition) is 6. The number of ether oxygens (including phenoxy) is 2. The van der Waals surface area contributed by atoms with Crippen molar-refractivity contribution in [1.82, 2.24) is 15.3 Å². The molecule has 1 aliphatic rings.